The van der Waals surface area contributed by atoms with E-state index in [1.807, 2.05) is 12.5 Å². The van der Waals surface area contributed by atoms with Crippen molar-refractivity contribution in [3.05, 3.63) is 18.0 Å². The minimum Gasteiger partial charge on any atom is -0.345 e. The van der Waals surface area contributed by atoms with E-state index in [1.54, 1.807) is 7.05 Å². The maximum Gasteiger partial charge on any atom is 0.281 e. The Labute approximate surface area is 118 Å². The lowest BCUT2D eigenvalue weighted by molar-refractivity contribution is 0.0945. The SMILES string of the molecule is CN1CCN(S(=O)(=O)c2cc(C(=O)NN)n(C)c2)CC1. The molecule has 0 atom stereocenters. The topological polar surface area (TPSA) is 101 Å². The first kappa shape index (κ1) is 15.0. The summed E-state index contributed by atoms with van der Waals surface area (Å²) in [4.78, 5) is 13.7. The molecule has 0 spiro atoms. The maximum absolute atomic E-state index is 12.5. The Kier molecular flexibility index (Phi) is 4.14. The summed E-state index contributed by atoms with van der Waals surface area (Å²) in [5.74, 6) is 4.55. The summed E-state index contributed by atoms with van der Waals surface area (Å²) in [6, 6.07) is 1.34. The summed E-state index contributed by atoms with van der Waals surface area (Å²) < 4.78 is 27.9. The molecule has 112 valence electrons. The number of carbonyl (C=O) groups excluding carboxylic acids is 1. The van der Waals surface area contributed by atoms with Gasteiger partial charge in [0.05, 0.1) is 0 Å². The van der Waals surface area contributed by atoms with Crippen LogP contribution >= 0.6 is 0 Å². The van der Waals surface area contributed by atoms with Gasteiger partial charge in [0.25, 0.3) is 5.91 Å². The molecule has 1 saturated heterocycles. The number of hydrogen-bond acceptors (Lipinski definition) is 5. The second kappa shape index (κ2) is 5.52. The van der Waals surface area contributed by atoms with Crippen molar-refractivity contribution in [2.45, 2.75) is 4.90 Å². The zero-order chi connectivity index (χ0) is 14.9. The molecule has 8 nitrogen and oxygen atoms in total. The van der Waals surface area contributed by atoms with E-state index in [1.165, 1.54) is 21.1 Å². The number of nitrogens with zero attached hydrogens (tertiary/aromatic N) is 3. The average Bonchev–Trinajstić information content (AvgIpc) is 2.81. The summed E-state index contributed by atoms with van der Waals surface area (Å²) in [5.41, 5.74) is 2.21. The van der Waals surface area contributed by atoms with Crippen molar-refractivity contribution in [2.24, 2.45) is 12.9 Å². The smallest absolute Gasteiger partial charge is 0.281 e. The van der Waals surface area contributed by atoms with Gasteiger partial charge < -0.3 is 9.47 Å². The van der Waals surface area contributed by atoms with Crippen molar-refractivity contribution in [1.29, 1.82) is 0 Å². The van der Waals surface area contributed by atoms with Crippen LogP contribution in [0.25, 0.3) is 0 Å². The summed E-state index contributed by atoms with van der Waals surface area (Å²) in [6.07, 6.45) is 1.43. The lowest BCUT2D eigenvalue weighted by Crippen LogP contribution is -2.46. The number of hydrogen-bond donors (Lipinski definition) is 2. The van der Waals surface area contributed by atoms with Gasteiger partial charge in [-0.1, -0.05) is 0 Å². The molecule has 0 bridgehead atoms. The van der Waals surface area contributed by atoms with Crippen molar-refractivity contribution in [3.63, 3.8) is 0 Å². The summed E-state index contributed by atoms with van der Waals surface area (Å²) >= 11 is 0. The van der Waals surface area contributed by atoms with Gasteiger partial charge >= 0.3 is 0 Å². The number of likely N-dealkylation sites (N-methyl/N-ethyl adjacent to an activating group) is 1. The Morgan fingerprint density at radius 3 is 2.40 bits per heavy atom. The van der Waals surface area contributed by atoms with Gasteiger partial charge in [-0.25, -0.2) is 14.3 Å². The number of piperazine rings is 1. The first-order valence-corrected chi connectivity index (χ1v) is 7.66. The van der Waals surface area contributed by atoms with E-state index in [9.17, 15) is 13.2 Å². The highest BCUT2D eigenvalue weighted by Crippen LogP contribution is 2.19. The number of hydrazine groups is 1. The Hall–Kier alpha value is -1.42. The maximum atomic E-state index is 12.5. The molecule has 2 rings (SSSR count). The van der Waals surface area contributed by atoms with Crippen molar-refractivity contribution < 1.29 is 13.2 Å². The average molecular weight is 301 g/mol. The number of amides is 1. The van der Waals surface area contributed by atoms with Crippen molar-refractivity contribution in [1.82, 2.24) is 19.2 Å². The minimum absolute atomic E-state index is 0.114. The highest BCUT2D eigenvalue weighted by molar-refractivity contribution is 7.89. The Morgan fingerprint density at radius 1 is 1.25 bits per heavy atom. The molecule has 0 radical (unpaired) electrons. The van der Waals surface area contributed by atoms with Gasteiger partial charge in [-0.05, 0) is 13.1 Å². The zero-order valence-corrected chi connectivity index (χ0v) is 12.4. The Balaban J connectivity index is 2.28. The van der Waals surface area contributed by atoms with Crippen LogP contribution in [0, 0.1) is 0 Å². The Morgan fingerprint density at radius 2 is 1.85 bits per heavy atom. The van der Waals surface area contributed by atoms with Crippen molar-refractivity contribution in [3.8, 4) is 0 Å². The third-order valence-corrected chi connectivity index (χ3v) is 5.31. The van der Waals surface area contributed by atoms with Crippen LogP contribution in [0.15, 0.2) is 17.2 Å². The molecule has 20 heavy (non-hydrogen) atoms. The molecule has 1 aliphatic heterocycles. The molecule has 0 aliphatic carbocycles. The summed E-state index contributed by atoms with van der Waals surface area (Å²) in [5, 5.41) is 0. The largest absolute Gasteiger partial charge is 0.345 e. The number of nitrogens with two attached hydrogens (primary N) is 1. The fourth-order valence-corrected chi connectivity index (χ4v) is 3.65. The number of aryl methyl sites for hydroxylation is 1. The van der Waals surface area contributed by atoms with Gasteiger partial charge in [-0.15, -0.1) is 0 Å². The molecule has 0 unspecified atom stereocenters. The number of aromatic nitrogens is 1. The number of rotatable bonds is 3. The monoisotopic (exact) mass is 301 g/mol. The van der Waals surface area contributed by atoms with E-state index < -0.39 is 15.9 Å². The second-order valence-electron chi connectivity index (χ2n) is 4.85. The summed E-state index contributed by atoms with van der Waals surface area (Å²) in [7, 11) is -0.00458. The van der Waals surface area contributed by atoms with Gasteiger partial charge in [-0.3, -0.25) is 10.2 Å². The highest BCUT2D eigenvalue weighted by atomic mass is 32.2. The van der Waals surface area contributed by atoms with E-state index in [0.29, 0.717) is 26.2 Å². The number of nitrogens with one attached hydrogen (secondary N) is 1. The van der Waals surface area contributed by atoms with Gasteiger partial charge in [0.15, 0.2) is 0 Å². The van der Waals surface area contributed by atoms with Crippen LogP contribution in [0.5, 0.6) is 0 Å². The quantitative estimate of drug-likeness (QED) is 0.405. The van der Waals surface area contributed by atoms with E-state index in [-0.39, 0.29) is 10.6 Å². The van der Waals surface area contributed by atoms with Crippen LogP contribution in [-0.4, -0.2) is 61.3 Å². The predicted molar refractivity (Wildman–Crippen MR) is 73.3 cm³/mol. The lowest BCUT2D eigenvalue weighted by Gasteiger charge is -2.31. The van der Waals surface area contributed by atoms with E-state index >= 15 is 0 Å². The first-order chi connectivity index (χ1) is 9.36. The molecule has 1 fully saturated rings. The number of nitrogen functional groups attached to an aromatic ring is 1. The van der Waals surface area contributed by atoms with Gasteiger partial charge in [-0.2, -0.15) is 4.31 Å². The standard InChI is InChI=1S/C11H19N5O3S/c1-14-3-5-16(6-4-14)20(18,19)9-7-10(11(17)13-12)15(2)8-9/h7-8H,3-6,12H2,1-2H3,(H,13,17). The van der Waals surface area contributed by atoms with Crippen LogP contribution in [0.3, 0.4) is 0 Å². The molecular weight excluding hydrogens is 282 g/mol. The number of carbonyl (C=O) groups is 1. The molecule has 1 amide bonds. The highest BCUT2D eigenvalue weighted by Gasteiger charge is 2.29. The van der Waals surface area contributed by atoms with Crippen LogP contribution in [-0.2, 0) is 17.1 Å². The Bertz CT molecular complexity index is 602. The van der Waals surface area contributed by atoms with Crippen LogP contribution in [0.2, 0.25) is 0 Å². The molecular formula is C11H19N5O3S. The second-order valence-corrected chi connectivity index (χ2v) is 6.79. The zero-order valence-electron chi connectivity index (χ0n) is 11.5. The molecule has 2 heterocycles. The van der Waals surface area contributed by atoms with Crippen molar-refractivity contribution in [2.75, 3.05) is 33.2 Å². The predicted octanol–water partition coefficient (Wildman–Crippen LogP) is -1.44. The molecule has 3 N–H and O–H groups in total. The number of sulfonamides is 1. The minimum atomic E-state index is -3.56. The fourth-order valence-electron chi connectivity index (χ4n) is 2.15. The third kappa shape index (κ3) is 2.70. The summed E-state index contributed by atoms with van der Waals surface area (Å²) in [6.45, 7) is 2.29. The van der Waals surface area contributed by atoms with Gasteiger partial charge in [0.2, 0.25) is 10.0 Å². The van der Waals surface area contributed by atoms with E-state index in [2.05, 4.69) is 4.90 Å². The molecule has 0 aromatic carbocycles. The van der Waals surface area contributed by atoms with Crippen LogP contribution < -0.4 is 11.3 Å². The molecule has 9 heteroatoms. The van der Waals surface area contributed by atoms with E-state index in [0.717, 1.165) is 0 Å². The molecule has 1 aromatic rings. The molecule has 1 aromatic heterocycles. The molecule has 1 aliphatic rings. The normalized spacial score (nSPS) is 18.1. The van der Waals surface area contributed by atoms with Gasteiger partial charge in [0.1, 0.15) is 10.6 Å². The van der Waals surface area contributed by atoms with E-state index in [4.69, 9.17) is 5.84 Å². The van der Waals surface area contributed by atoms with Crippen LogP contribution in [0.4, 0.5) is 0 Å². The van der Waals surface area contributed by atoms with Crippen LogP contribution in [0.1, 0.15) is 10.5 Å². The third-order valence-electron chi connectivity index (χ3n) is 3.44. The fraction of sp³-hybridized carbons (Fsp3) is 0.545. The molecule has 0 saturated carbocycles. The lowest BCUT2D eigenvalue weighted by atomic mass is 10.4. The first-order valence-electron chi connectivity index (χ1n) is 6.22. The van der Waals surface area contributed by atoms with Gasteiger partial charge in [0, 0.05) is 39.4 Å². The van der Waals surface area contributed by atoms with Crippen molar-refractivity contribution >= 4 is 15.9 Å².